The Morgan fingerprint density at radius 1 is 1.07 bits per heavy atom. The van der Waals surface area contributed by atoms with Gasteiger partial charge in [-0.25, -0.2) is 0 Å². The number of aliphatic carboxylic acids is 1. The van der Waals surface area contributed by atoms with Crippen molar-refractivity contribution in [1.29, 1.82) is 0 Å². The predicted octanol–water partition coefficient (Wildman–Crippen LogP) is 2.82. The van der Waals surface area contributed by atoms with Crippen LogP contribution in [0.2, 0.25) is 0 Å². The summed E-state index contributed by atoms with van der Waals surface area (Å²) in [6.07, 6.45) is 10.2. The molecule has 0 aromatic carbocycles. The monoisotopic (exact) mass is 194 g/mol. The fraction of sp³-hybridized carbons (Fsp3) is 0.917. The molecule has 0 amide bonds. The quantitative estimate of drug-likeness (QED) is 0.697. The van der Waals surface area contributed by atoms with Gasteiger partial charge in [-0.2, -0.15) is 0 Å². The van der Waals surface area contributed by atoms with Crippen molar-refractivity contribution in [1.82, 2.24) is 0 Å². The summed E-state index contributed by atoms with van der Waals surface area (Å²) >= 11 is 0. The van der Waals surface area contributed by atoms with Crippen LogP contribution in [0, 0.1) is 16.7 Å². The molecule has 0 bridgehead atoms. The van der Waals surface area contributed by atoms with Crippen LogP contribution in [-0.2, 0) is 4.79 Å². The van der Waals surface area contributed by atoms with Crippen LogP contribution in [0.4, 0.5) is 0 Å². The average Bonchev–Trinajstić information content (AvgIpc) is 2.95. The molecule has 2 nitrogen and oxygen atoms in total. The van der Waals surface area contributed by atoms with Gasteiger partial charge in [0.25, 0.3) is 0 Å². The molecule has 3 aliphatic carbocycles. The first-order valence-corrected chi connectivity index (χ1v) is 5.93. The number of fused-ring (bicyclic) bond motifs is 1. The van der Waals surface area contributed by atoms with E-state index in [0.717, 1.165) is 6.42 Å². The number of hydrogen-bond acceptors (Lipinski definition) is 1. The molecule has 14 heavy (non-hydrogen) atoms. The Morgan fingerprint density at radius 3 is 2.21 bits per heavy atom. The number of carbonyl (C=O) groups is 1. The van der Waals surface area contributed by atoms with Crippen LogP contribution in [0.1, 0.15) is 51.4 Å². The standard InChI is InChI=1S/C12H18O2/c13-10(14)9-8-12(9)7-6-11(12)4-2-1-3-5-11/h9H,1-8H2,(H,13,14). The Kier molecular flexibility index (Phi) is 1.58. The summed E-state index contributed by atoms with van der Waals surface area (Å²) in [6, 6.07) is 0. The fourth-order valence-corrected chi connectivity index (χ4v) is 4.27. The van der Waals surface area contributed by atoms with Crippen molar-refractivity contribution in [2.45, 2.75) is 51.4 Å². The molecule has 2 atom stereocenters. The lowest BCUT2D eigenvalue weighted by Crippen LogP contribution is -2.45. The van der Waals surface area contributed by atoms with Gasteiger partial charge in [0.2, 0.25) is 0 Å². The molecule has 0 aromatic rings. The second-order valence-electron chi connectivity index (χ2n) is 5.59. The summed E-state index contributed by atoms with van der Waals surface area (Å²) in [7, 11) is 0. The van der Waals surface area contributed by atoms with E-state index >= 15 is 0 Å². The van der Waals surface area contributed by atoms with Gasteiger partial charge in [-0.15, -0.1) is 0 Å². The third-order valence-electron chi connectivity index (χ3n) is 5.29. The van der Waals surface area contributed by atoms with Crippen LogP contribution < -0.4 is 0 Å². The summed E-state index contributed by atoms with van der Waals surface area (Å²) in [5.74, 6) is -0.510. The van der Waals surface area contributed by atoms with Gasteiger partial charge in [0, 0.05) is 0 Å². The molecule has 0 radical (unpaired) electrons. The minimum absolute atomic E-state index is 0.0225. The van der Waals surface area contributed by atoms with Crippen LogP contribution in [0.15, 0.2) is 0 Å². The lowest BCUT2D eigenvalue weighted by atomic mass is 9.50. The summed E-state index contributed by atoms with van der Waals surface area (Å²) in [4.78, 5) is 11.0. The molecule has 78 valence electrons. The molecule has 3 rings (SSSR count). The lowest BCUT2D eigenvalue weighted by Gasteiger charge is -2.54. The lowest BCUT2D eigenvalue weighted by molar-refractivity contribution is -0.143. The normalized spacial score (nSPS) is 43.6. The van der Waals surface area contributed by atoms with Crippen LogP contribution in [0.5, 0.6) is 0 Å². The van der Waals surface area contributed by atoms with E-state index in [4.69, 9.17) is 5.11 Å². The second kappa shape index (κ2) is 2.53. The van der Waals surface area contributed by atoms with Gasteiger partial charge >= 0.3 is 5.97 Å². The average molecular weight is 194 g/mol. The Morgan fingerprint density at radius 2 is 1.79 bits per heavy atom. The Hall–Kier alpha value is -0.530. The first-order chi connectivity index (χ1) is 6.70. The van der Waals surface area contributed by atoms with Crippen molar-refractivity contribution in [2.75, 3.05) is 0 Å². The molecule has 0 aromatic heterocycles. The molecule has 3 saturated carbocycles. The van der Waals surface area contributed by atoms with Crippen molar-refractivity contribution < 1.29 is 9.90 Å². The van der Waals surface area contributed by atoms with Crippen LogP contribution in [0.25, 0.3) is 0 Å². The summed E-state index contributed by atoms with van der Waals surface area (Å²) in [5, 5.41) is 9.07. The van der Waals surface area contributed by atoms with E-state index in [1.165, 1.54) is 44.9 Å². The van der Waals surface area contributed by atoms with Crippen LogP contribution in [-0.4, -0.2) is 11.1 Å². The Balaban J connectivity index is 1.80. The highest BCUT2D eigenvalue weighted by molar-refractivity contribution is 5.75. The maximum atomic E-state index is 11.0. The molecule has 2 unspecified atom stereocenters. The van der Waals surface area contributed by atoms with E-state index in [-0.39, 0.29) is 11.3 Å². The Labute approximate surface area is 84.7 Å². The van der Waals surface area contributed by atoms with E-state index in [9.17, 15) is 4.79 Å². The summed E-state index contributed by atoms with van der Waals surface area (Å²) in [5.41, 5.74) is 0.758. The van der Waals surface area contributed by atoms with Gasteiger partial charge in [-0.05, 0) is 42.9 Å². The van der Waals surface area contributed by atoms with Gasteiger partial charge < -0.3 is 5.11 Å². The second-order valence-corrected chi connectivity index (χ2v) is 5.59. The van der Waals surface area contributed by atoms with Gasteiger partial charge in [-0.1, -0.05) is 19.3 Å². The first-order valence-electron chi connectivity index (χ1n) is 5.93. The summed E-state index contributed by atoms with van der Waals surface area (Å²) < 4.78 is 0. The topological polar surface area (TPSA) is 37.3 Å². The van der Waals surface area contributed by atoms with Crippen molar-refractivity contribution in [3.63, 3.8) is 0 Å². The van der Waals surface area contributed by atoms with Gasteiger partial charge in [-0.3, -0.25) is 4.79 Å². The molecule has 0 saturated heterocycles. The van der Waals surface area contributed by atoms with Crippen LogP contribution in [0.3, 0.4) is 0 Å². The molecule has 0 heterocycles. The zero-order chi connectivity index (χ0) is 9.81. The van der Waals surface area contributed by atoms with Crippen molar-refractivity contribution in [2.24, 2.45) is 16.7 Å². The highest BCUT2D eigenvalue weighted by Crippen LogP contribution is 2.78. The zero-order valence-electron chi connectivity index (χ0n) is 8.59. The van der Waals surface area contributed by atoms with E-state index in [1.807, 2.05) is 0 Å². The van der Waals surface area contributed by atoms with E-state index in [2.05, 4.69) is 0 Å². The zero-order valence-corrected chi connectivity index (χ0v) is 8.59. The van der Waals surface area contributed by atoms with Crippen molar-refractivity contribution in [3.05, 3.63) is 0 Å². The molecule has 2 spiro atoms. The maximum absolute atomic E-state index is 11.0. The molecule has 3 fully saturated rings. The first kappa shape index (κ1) is 8.75. The molecule has 1 N–H and O–H groups in total. The van der Waals surface area contributed by atoms with Gasteiger partial charge in [0.1, 0.15) is 0 Å². The largest absolute Gasteiger partial charge is 0.481 e. The van der Waals surface area contributed by atoms with Crippen LogP contribution >= 0.6 is 0 Å². The predicted molar refractivity (Wildman–Crippen MR) is 52.9 cm³/mol. The van der Waals surface area contributed by atoms with E-state index in [1.54, 1.807) is 0 Å². The SMILES string of the molecule is O=C(O)C1CC12CCC21CCCCC1. The number of rotatable bonds is 1. The Bertz CT molecular complexity index is 278. The third-order valence-corrected chi connectivity index (χ3v) is 5.29. The number of carboxylic acids is 1. The van der Waals surface area contributed by atoms with Crippen molar-refractivity contribution >= 4 is 5.97 Å². The van der Waals surface area contributed by atoms with Gasteiger partial charge in [0.05, 0.1) is 5.92 Å². The smallest absolute Gasteiger partial charge is 0.307 e. The number of carboxylic acid groups (broad SMARTS) is 1. The molecular weight excluding hydrogens is 176 g/mol. The maximum Gasteiger partial charge on any atom is 0.307 e. The van der Waals surface area contributed by atoms with Gasteiger partial charge in [0.15, 0.2) is 0 Å². The minimum Gasteiger partial charge on any atom is -0.481 e. The molecular formula is C12H18O2. The number of hydrogen-bond donors (Lipinski definition) is 1. The molecule has 3 aliphatic rings. The van der Waals surface area contributed by atoms with Crippen molar-refractivity contribution in [3.8, 4) is 0 Å². The highest BCUT2D eigenvalue weighted by Gasteiger charge is 2.73. The third kappa shape index (κ3) is 0.850. The summed E-state index contributed by atoms with van der Waals surface area (Å²) in [6.45, 7) is 0. The fourth-order valence-electron chi connectivity index (χ4n) is 4.27. The molecule has 0 aliphatic heterocycles. The highest BCUT2D eigenvalue weighted by atomic mass is 16.4. The minimum atomic E-state index is -0.533. The van der Waals surface area contributed by atoms with E-state index < -0.39 is 5.97 Å². The molecule has 2 heteroatoms. The van der Waals surface area contributed by atoms with E-state index in [0.29, 0.717) is 5.41 Å².